The Morgan fingerprint density at radius 2 is 1.62 bits per heavy atom. The molecule has 0 bridgehead atoms. The minimum Gasteiger partial charge on any atom is -0.444 e. The van der Waals surface area contributed by atoms with Crippen molar-refractivity contribution in [3.05, 3.63) is 40.9 Å². The zero-order valence-corrected chi connectivity index (χ0v) is 14.7. The second-order valence-corrected chi connectivity index (χ2v) is 6.12. The molecule has 2 rings (SSSR count). The molecular formula is C17H22BrNO2. The van der Waals surface area contributed by atoms with Crippen LogP contribution < -0.4 is 5.32 Å². The smallest absolute Gasteiger partial charge is 0.412 e. The Morgan fingerprint density at radius 1 is 1.05 bits per heavy atom. The van der Waals surface area contributed by atoms with Gasteiger partial charge in [0.15, 0.2) is 0 Å². The van der Waals surface area contributed by atoms with Gasteiger partial charge in [0.1, 0.15) is 5.60 Å². The maximum atomic E-state index is 11.8. The first-order chi connectivity index (χ1) is 9.87. The van der Waals surface area contributed by atoms with E-state index in [1.165, 1.54) is 0 Å². The molecule has 2 aromatic carbocycles. The van der Waals surface area contributed by atoms with Crippen LogP contribution in [0.1, 0.15) is 34.6 Å². The van der Waals surface area contributed by atoms with Gasteiger partial charge in [-0.1, -0.05) is 54.0 Å². The molecule has 1 N–H and O–H groups in total. The first-order valence-electron chi connectivity index (χ1n) is 7.04. The fourth-order valence-electron chi connectivity index (χ4n) is 1.78. The van der Waals surface area contributed by atoms with Crippen molar-refractivity contribution in [3.63, 3.8) is 0 Å². The number of carbonyl (C=O) groups excluding carboxylic acids is 1. The summed E-state index contributed by atoms with van der Waals surface area (Å²) in [5, 5.41) is 4.81. The van der Waals surface area contributed by atoms with E-state index in [1.54, 1.807) is 0 Å². The van der Waals surface area contributed by atoms with Gasteiger partial charge in [-0.15, -0.1) is 0 Å². The molecule has 0 saturated heterocycles. The van der Waals surface area contributed by atoms with E-state index in [9.17, 15) is 4.79 Å². The quantitative estimate of drug-likeness (QED) is 0.686. The van der Waals surface area contributed by atoms with E-state index in [-0.39, 0.29) is 0 Å². The molecule has 21 heavy (non-hydrogen) atoms. The summed E-state index contributed by atoms with van der Waals surface area (Å²) in [7, 11) is 0. The highest BCUT2D eigenvalue weighted by Crippen LogP contribution is 2.30. The van der Waals surface area contributed by atoms with Crippen LogP contribution in [0.3, 0.4) is 0 Å². The number of nitrogens with one attached hydrogen (secondary N) is 1. The lowest BCUT2D eigenvalue weighted by Gasteiger charge is -2.20. The topological polar surface area (TPSA) is 38.3 Å². The monoisotopic (exact) mass is 351 g/mol. The second kappa shape index (κ2) is 7.46. The molecule has 0 aliphatic heterocycles. The predicted molar refractivity (Wildman–Crippen MR) is 92.9 cm³/mol. The molecule has 0 saturated carbocycles. The van der Waals surface area contributed by atoms with Crippen molar-refractivity contribution in [1.82, 2.24) is 0 Å². The van der Waals surface area contributed by atoms with E-state index in [0.29, 0.717) is 0 Å². The molecule has 0 radical (unpaired) electrons. The first-order valence-corrected chi connectivity index (χ1v) is 7.83. The van der Waals surface area contributed by atoms with E-state index in [1.807, 2.05) is 71.0 Å². The van der Waals surface area contributed by atoms with Gasteiger partial charge in [0.2, 0.25) is 0 Å². The molecule has 0 heterocycles. The normalized spacial score (nSPS) is 10.6. The van der Waals surface area contributed by atoms with Crippen LogP contribution in [-0.2, 0) is 4.74 Å². The average Bonchev–Trinajstić information content (AvgIpc) is 2.42. The Labute approximate surface area is 134 Å². The maximum Gasteiger partial charge on any atom is 0.412 e. The number of hydrogen-bond donors (Lipinski definition) is 1. The van der Waals surface area contributed by atoms with Crippen molar-refractivity contribution < 1.29 is 9.53 Å². The molecule has 0 aromatic heterocycles. The molecule has 0 aliphatic carbocycles. The van der Waals surface area contributed by atoms with E-state index < -0.39 is 11.7 Å². The summed E-state index contributed by atoms with van der Waals surface area (Å²) >= 11 is 3.50. The molecule has 0 unspecified atom stereocenters. The number of anilines is 1. The molecule has 0 spiro atoms. The van der Waals surface area contributed by atoms with Crippen molar-refractivity contribution in [3.8, 4) is 0 Å². The van der Waals surface area contributed by atoms with Crippen molar-refractivity contribution in [2.24, 2.45) is 0 Å². The minimum absolute atomic E-state index is 0.444. The zero-order chi connectivity index (χ0) is 16.0. The van der Waals surface area contributed by atoms with E-state index in [2.05, 4.69) is 21.2 Å². The van der Waals surface area contributed by atoms with Crippen molar-refractivity contribution in [2.75, 3.05) is 5.32 Å². The van der Waals surface area contributed by atoms with Gasteiger partial charge in [0, 0.05) is 9.86 Å². The third-order valence-corrected chi connectivity index (χ3v) is 3.20. The summed E-state index contributed by atoms with van der Waals surface area (Å²) in [5.41, 5.74) is 0.239. The predicted octanol–water partition coefficient (Wildman–Crippen LogP) is 5.98. The minimum atomic E-state index is -0.505. The summed E-state index contributed by atoms with van der Waals surface area (Å²) in [6, 6.07) is 11.6. The van der Waals surface area contributed by atoms with Crippen molar-refractivity contribution in [2.45, 2.75) is 40.2 Å². The average molecular weight is 352 g/mol. The number of rotatable bonds is 1. The zero-order valence-electron chi connectivity index (χ0n) is 13.2. The van der Waals surface area contributed by atoms with Gasteiger partial charge in [-0.3, -0.25) is 5.32 Å². The van der Waals surface area contributed by atoms with E-state index in [0.717, 1.165) is 20.9 Å². The van der Waals surface area contributed by atoms with Crippen LogP contribution >= 0.6 is 15.9 Å². The number of fused-ring (bicyclic) bond motifs is 1. The molecule has 114 valence electrons. The Hall–Kier alpha value is -1.55. The molecule has 3 nitrogen and oxygen atoms in total. The summed E-state index contributed by atoms with van der Waals surface area (Å²) in [6.45, 7) is 9.52. The SMILES string of the molecule is CC.CC(C)(C)OC(=O)Nc1ccc(Br)c2ccccc12. The fraction of sp³-hybridized carbons (Fsp3) is 0.353. The van der Waals surface area contributed by atoms with Crippen molar-refractivity contribution in [1.29, 1.82) is 0 Å². The number of benzene rings is 2. The van der Waals surface area contributed by atoms with Gasteiger partial charge in [-0.25, -0.2) is 4.79 Å². The van der Waals surface area contributed by atoms with Gasteiger partial charge in [-0.05, 0) is 38.3 Å². The lowest BCUT2D eigenvalue weighted by atomic mass is 10.1. The highest BCUT2D eigenvalue weighted by molar-refractivity contribution is 9.10. The Balaban J connectivity index is 0.00000106. The van der Waals surface area contributed by atoms with Crippen LogP contribution in [0.15, 0.2) is 40.9 Å². The number of ether oxygens (including phenoxy) is 1. The van der Waals surface area contributed by atoms with Crippen LogP contribution in [0.2, 0.25) is 0 Å². The molecule has 0 fully saturated rings. The molecule has 2 aromatic rings. The van der Waals surface area contributed by atoms with Gasteiger partial charge in [0.25, 0.3) is 0 Å². The van der Waals surface area contributed by atoms with Crippen LogP contribution in [0.5, 0.6) is 0 Å². The lowest BCUT2D eigenvalue weighted by Crippen LogP contribution is -2.27. The summed E-state index contributed by atoms with van der Waals surface area (Å²) < 4.78 is 6.26. The third-order valence-electron chi connectivity index (χ3n) is 2.51. The molecule has 1 amide bonds. The van der Waals surface area contributed by atoms with E-state index >= 15 is 0 Å². The number of hydrogen-bond acceptors (Lipinski definition) is 2. The van der Waals surface area contributed by atoms with Gasteiger partial charge in [-0.2, -0.15) is 0 Å². The molecule has 0 atom stereocenters. The van der Waals surface area contributed by atoms with Crippen LogP contribution in [0, 0.1) is 0 Å². The summed E-state index contributed by atoms with van der Waals surface area (Å²) in [5.74, 6) is 0. The number of carbonyl (C=O) groups is 1. The highest BCUT2D eigenvalue weighted by Gasteiger charge is 2.17. The lowest BCUT2D eigenvalue weighted by molar-refractivity contribution is 0.0636. The van der Waals surface area contributed by atoms with E-state index in [4.69, 9.17) is 4.74 Å². The van der Waals surface area contributed by atoms with Crippen LogP contribution in [0.25, 0.3) is 10.8 Å². The summed E-state index contributed by atoms with van der Waals surface area (Å²) in [4.78, 5) is 11.8. The third kappa shape index (κ3) is 5.05. The molecule has 0 aliphatic rings. The fourth-order valence-corrected chi connectivity index (χ4v) is 2.26. The second-order valence-electron chi connectivity index (χ2n) is 5.27. The molecular weight excluding hydrogens is 330 g/mol. The first kappa shape index (κ1) is 17.5. The van der Waals surface area contributed by atoms with Gasteiger partial charge in [0.05, 0.1) is 5.69 Å². The van der Waals surface area contributed by atoms with Crippen LogP contribution in [-0.4, -0.2) is 11.7 Å². The van der Waals surface area contributed by atoms with Crippen LogP contribution in [0.4, 0.5) is 10.5 Å². The van der Waals surface area contributed by atoms with Crippen molar-refractivity contribution >= 4 is 38.5 Å². The Morgan fingerprint density at radius 3 is 2.19 bits per heavy atom. The Kier molecular flexibility index (Phi) is 6.21. The van der Waals surface area contributed by atoms with Gasteiger partial charge < -0.3 is 4.74 Å². The maximum absolute atomic E-state index is 11.8. The number of halogens is 1. The Bertz CT molecular complexity index is 618. The largest absolute Gasteiger partial charge is 0.444 e. The number of amides is 1. The standard InChI is InChI=1S/C15H16BrNO2.C2H6/c1-15(2,3)19-14(18)17-13-9-8-12(16)10-6-4-5-7-11(10)13;1-2/h4-9H,1-3H3,(H,17,18);1-2H3. The molecule has 4 heteroatoms. The highest BCUT2D eigenvalue weighted by atomic mass is 79.9. The summed E-state index contributed by atoms with van der Waals surface area (Å²) in [6.07, 6.45) is -0.444. The van der Waals surface area contributed by atoms with Gasteiger partial charge >= 0.3 is 6.09 Å².